The average molecular weight is 475 g/mol. The van der Waals surface area contributed by atoms with Crippen molar-refractivity contribution in [3.8, 4) is 11.1 Å². The van der Waals surface area contributed by atoms with Gasteiger partial charge in [-0.1, -0.05) is 13.8 Å². The van der Waals surface area contributed by atoms with Crippen LogP contribution in [0.15, 0.2) is 49.1 Å². The molecule has 0 aliphatic carbocycles. The second-order valence-corrected chi connectivity index (χ2v) is 8.79. The minimum atomic E-state index is -0.906. The van der Waals surface area contributed by atoms with Crippen molar-refractivity contribution >= 4 is 28.8 Å². The summed E-state index contributed by atoms with van der Waals surface area (Å²) in [4.78, 5) is 21.4. The highest BCUT2D eigenvalue weighted by molar-refractivity contribution is 5.81. The molecule has 0 radical (unpaired) electrons. The SMILES string of the molecule is CC(C)c1cnnc(Nc2ccc3ncc(-c4cnn(CCOC5CN(C(=O)O)C5)c4)cc3n2)c1. The molecule has 1 amide bonds. The Morgan fingerprint density at radius 2 is 2.00 bits per heavy atom. The van der Waals surface area contributed by atoms with Crippen LogP contribution >= 0.6 is 0 Å². The number of hydrogen-bond donors (Lipinski definition) is 2. The van der Waals surface area contributed by atoms with Gasteiger partial charge in [0, 0.05) is 23.5 Å². The molecule has 0 spiro atoms. The summed E-state index contributed by atoms with van der Waals surface area (Å²) in [6, 6.07) is 7.75. The number of pyridine rings is 2. The lowest BCUT2D eigenvalue weighted by Gasteiger charge is -2.36. The predicted molar refractivity (Wildman–Crippen MR) is 130 cm³/mol. The van der Waals surface area contributed by atoms with Crippen molar-refractivity contribution in [1.29, 1.82) is 0 Å². The van der Waals surface area contributed by atoms with E-state index in [2.05, 4.69) is 39.4 Å². The van der Waals surface area contributed by atoms with Crippen LogP contribution in [0.4, 0.5) is 16.4 Å². The highest BCUT2D eigenvalue weighted by Crippen LogP contribution is 2.24. The first-order valence-corrected chi connectivity index (χ1v) is 11.4. The summed E-state index contributed by atoms with van der Waals surface area (Å²) in [6.45, 7) is 6.10. The molecule has 180 valence electrons. The highest BCUT2D eigenvalue weighted by atomic mass is 16.5. The molecule has 1 saturated heterocycles. The molecule has 4 aromatic heterocycles. The fourth-order valence-corrected chi connectivity index (χ4v) is 3.77. The van der Waals surface area contributed by atoms with Gasteiger partial charge in [-0.15, -0.1) is 5.10 Å². The largest absolute Gasteiger partial charge is 0.465 e. The lowest BCUT2D eigenvalue weighted by molar-refractivity contribution is -0.0470. The molecule has 5 heterocycles. The maximum Gasteiger partial charge on any atom is 0.407 e. The first kappa shape index (κ1) is 22.7. The standard InChI is InChI=1S/C24H26N8O3/c1-15(2)16-8-23(30-26-10-16)29-22-4-3-20-21(28-22)7-17(9-25-20)18-11-27-32(12-18)5-6-35-19-13-31(14-19)24(33)34/h3-4,7-12,15,19H,5-6,13-14H2,1-2H3,(H,33,34)(H,28,29,30). The van der Waals surface area contributed by atoms with E-state index in [4.69, 9.17) is 14.8 Å². The molecular formula is C24H26N8O3. The molecular weight excluding hydrogens is 448 g/mol. The quantitative estimate of drug-likeness (QED) is 0.394. The lowest BCUT2D eigenvalue weighted by atomic mass is 10.1. The number of fused-ring (bicyclic) bond motifs is 1. The van der Waals surface area contributed by atoms with E-state index in [-0.39, 0.29) is 6.10 Å². The Morgan fingerprint density at radius 1 is 1.14 bits per heavy atom. The Kier molecular flexibility index (Phi) is 6.23. The number of nitrogens with one attached hydrogen (secondary N) is 1. The molecule has 1 fully saturated rings. The number of nitrogens with zero attached hydrogens (tertiary/aromatic N) is 7. The van der Waals surface area contributed by atoms with Crippen molar-refractivity contribution in [3.63, 3.8) is 0 Å². The zero-order valence-electron chi connectivity index (χ0n) is 19.5. The van der Waals surface area contributed by atoms with Gasteiger partial charge in [-0.25, -0.2) is 9.78 Å². The van der Waals surface area contributed by atoms with Gasteiger partial charge in [0.05, 0.1) is 55.8 Å². The van der Waals surface area contributed by atoms with Crippen molar-refractivity contribution in [2.45, 2.75) is 32.4 Å². The molecule has 35 heavy (non-hydrogen) atoms. The third-order valence-electron chi connectivity index (χ3n) is 5.89. The fourth-order valence-electron chi connectivity index (χ4n) is 3.77. The number of amides is 1. The summed E-state index contributed by atoms with van der Waals surface area (Å²) < 4.78 is 7.52. The molecule has 0 unspecified atom stereocenters. The maximum absolute atomic E-state index is 10.8. The van der Waals surface area contributed by atoms with Gasteiger partial charge in [0.1, 0.15) is 5.82 Å². The summed E-state index contributed by atoms with van der Waals surface area (Å²) >= 11 is 0. The second-order valence-electron chi connectivity index (χ2n) is 8.79. The summed E-state index contributed by atoms with van der Waals surface area (Å²) in [6.07, 6.45) is 6.35. The Labute approximate surface area is 201 Å². The van der Waals surface area contributed by atoms with Gasteiger partial charge in [-0.2, -0.15) is 10.2 Å². The van der Waals surface area contributed by atoms with Crippen LogP contribution in [-0.2, 0) is 11.3 Å². The van der Waals surface area contributed by atoms with E-state index in [0.29, 0.717) is 43.8 Å². The lowest BCUT2D eigenvalue weighted by Crippen LogP contribution is -2.54. The predicted octanol–water partition coefficient (Wildman–Crippen LogP) is 3.53. The molecule has 0 atom stereocenters. The Hall–Kier alpha value is -4.12. The smallest absolute Gasteiger partial charge is 0.407 e. The van der Waals surface area contributed by atoms with Gasteiger partial charge in [0.15, 0.2) is 5.82 Å². The molecule has 1 aliphatic rings. The van der Waals surface area contributed by atoms with Gasteiger partial charge < -0.3 is 20.1 Å². The molecule has 0 bridgehead atoms. The van der Waals surface area contributed by atoms with Crippen LogP contribution in [0.25, 0.3) is 22.2 Å². The van der Waals surface area contributed by atoms with Gasteiger partial charge in [0.2, 0.25) is 0 Å². The van der Waals surface area contributed by atoms with Crippen LogP contribution in [0.2, 0.25) is 0 Å². The number of likely N-dealkylation sites (tertiary alicyclic amines) is 1. The summed E-state index contributed by atoms with van der Waals surface area (Å²) in [5.74, 6) is 1.67. The van der Waals surface area contributed by atoms with E-state index in [9.17, 15) is 4.79 Å². The fraction of sp³-hybridized carbons (Fsp3) is 0.333. The van der Waals surface area contributed by atoms with E-state index in [1.165, 1.54) is 4.90 Å². The Balaban J connectivity index is 1.24. The molecule has 0 saturated carbocycles. The van der Waals surface area contributed by atoms with Crippen LogP contribution in [0, 0.1) is 0 Å². The van der Waals surface area contributed by atoms with E-state index in [0.717, 1.165) is 27.7 Å². The van der Waals surface area contributed by atoms with Gasteiger partial charge in [0.25, 0.3) is 0 Å². The number of carbonyl (C=O) groups is 1. The van der Waals surface area contributed by atoms with E-state index in [1.807, 2.05) is 30.5 Å². The number of carboxylic acid groups (broad SMARTS) is 1. The summed E-state index contributed by atoms with van der Waals surface area (Å²) in [5, 5.41) is 24.7. The summed E-state index contributed by atoms with van der Waals surface area (Å²) in [7, 11) is 0. The maximum atomic E-state index is 10.8. The average Bonchev–Trinajstić information content (AvgIpc) is 3.29. The van der Waals surface area contributed by atoms with Crippen molar-refractivity contribution < 1.29 is 14.6 Å². The van der Waals surface area contributed by atoms with Crippen LogP contribution in [0.3, 0.4) is 0 Å². The summed E-state index contributed by atoms with van der Waals surface area (Å²) in [5.41, 5.74) is 4.48. The second kappa shape index (κ2) is 9.63. The molecule has 2 N–H and O–H groups in total. The normalized spacial score (nSPS) is 13.9. The Bertz CT molecular complexity index is 1350. The molecule has 1 aliphatic heterocycles. The van der Waals surface area contributed by atoms with Gasteiger partial charge in [-0.05, 0) is 35.7 Å². The first-order valence-electron chi connectivity index (χ1n) is 11.4. The number of rotatable bonds is 8. The molecule has 0 aromatic carbocycles. The van der Waals surface area contributed by atoms with Crippen molar-refractivity contribution in [2.75, 3.05) is 25.0 Å². The highest BCUT2D eigenvalue weighted by Gasteiger charge is 2.30. The molecule has 11 heteroatoms. The van der Waals surface area contributed by atoms with Gasteiger partial charge >= 0.3 is 6.09 Å². The Morgan fingerprint density at radius 3 is 2.80 bits per heavy atom. The minimum absolute atomic E-state index is 0.0430. The van der Waals surface area contributed by atoms with Crippen molar-refractivity contribution in [2.24, 2.45) is 0 Å². The van der Waals surface area contributed by atoms with E-state index >= 15 is 0 Å². The monoisotopic (exact) mass is 474 g/mol. The number of hydrogen-bond acceptors (Lipinski definition) is 8. The van der Waals surface area contributed by atoms with E-state index < -0.39 is 6.09 Å². The topological polar surface area (TPSA) is 131 Å². The van der Waals surface area contributed by atoms with Crippen LogP contribution in [-0.4, -0.2) is 71.8 Å². The zero-order valence-corrected chi connectivity index (χ0v) is 19.5. The first-order chi connectivity index (χ1) is 16.9. The van der Waals surface area contributed by atoms with E-state index in [1.54, 1.807) is 23.3 Å². The van der Waals surface area contributed by atoms with Crippen LogP contribution in [0.1, 0.15) is 25.3 Å². The third-order valence-corrected chi connectivity index (χ3v) is 5.89. The number of aromatic nitrogens is 6. The van der Waals surface area contributed by atoms with Crippen LogP contribution < -0.4 is 5.32 Å². The van der Waals surface area contributed by atoms with Gasteiger partial charge in [-0.3, -0.25) is 9.67 Å². The molecule has 5 rings (SSSR count). The third kappa shape index (κ3) is 5.19. The molecule has 4 aromatic rings. The van der Waals surface area contributed by atoms with Crippen molar-refractivity contribution in [1.82, 2.24) is 34.8 Å². The number of anilines is 2. The molecule has 11 nitrogen and oxygen atoms in total. The zero-order chi connectivity index (χ0) is 24.4. The van der Waals surface area contributed by atoms with Crippen molar-refractivity contribution in [3.05, 3.63) is 54.6 Å². The van der Waals surface area contributed by atoms with Crippen LogP contribution in [0.5, 0.6) is 0 Å². The number of ether oxygens (including phenoxy) is 1. The minimum Gasteiger partial charge on any atom is -0.465 e.